The van der Waals surface area contributed by atoms with Crippen LogP contribution in [0.1, 0.15) is 116 Å². The Balaban J connectivity index is 0.00000544. The van der Waals surface area contributed by atoms with Crippen molar-refractivity contribution in [1.29, 1.82) is 0 Å². The van der Waals surface area contributed by atoms with Gasteiger partial charge in [-0.1, -0.05) is 83.6 Å². The van der Waals surface area contributed by atoms with Gasteiger partial charge < -0.3 is 26.5 Å². The van der Waals surface area contributed by atoms with E-state index in [0.717, 1.165) is 32.2 Å². The van der Waals surface area contributed by atoms with Crippen LogP contribution in [0.2, 0.25) is 0 Å². The molecule has 0 amide bonds. The van der Waals surface area contributed by atoms with Crippen molar-refractivity contribution in [2.45, 2.75) is 135 Å². The van der Waals surface area contributed by atoms with Crippen LogP contribution in [0.25, 0.3) is 0 Å². The highest BCUT2D eigenvalue weighted by molar-refractivity contribution is 5.69. The molecule has 2 atom stereocenters. The Bertz CT molecular complexity index is 584. The third kappa shape index (κ3) is 15.6. The van der Waals surface area contributed by atoms with Crippen LogP contribution in [0.3, 0.4) is 0 Å². The van der Waals surface area contributed by atoms with Crippen LogP contribution in [0, 0.1) is 0 Å². The van der Waals surface area contributed by atoms with E-state index in [2.05, 4.69) is 23.9 Å². The van der Waals surface area contributed by atoms with E-state index in [1.807, 2.05) is 18.2 Å². The van der Waals surface area contributed by atoms with Gasteiger partial charge in [0.15, 0.2) is 12.4 Å². The lowest BCUT2D eigenvalue weighted by Crippen LogP contribution is -3.00. The van der Waals surface area contributed by atoms with Crippen LogP contribution in [0.15, 0.2) is 30.6 Å². The van der Waals surface area contributed by atoms with E-state index in [4.69, 9.17) is 9.47 Å². The van der Waals surface area contributed by atoms with Gasteiger partial charge in [0.1, 0.15) is 13.2 Å². The molecule has 4 nitrogen and oxygen atoms in total. The largest absolute Gasteiger partial charge is 1.00 e. The van der Waals surface area contributed by atoms with E-state index in [1.165, 1.54) is 77.0 Å². The van der Waals surface area contributed by atoms with Crippen molar-refractivity contribution in [3.05, 3.63) is 30.6 Å². The summed E-state index contributed by atoms with van der Waals surface area (Å²) in [5.74, 6) is -0.0829. The molecule has 190 valence electrons. The molecular formula is C28H48BrNO3. The third-order valence-corrected chi connectivity index (χ3v) is 6.58. The fourth-order valence-corrected chi connectivity index (χ4v) is 4.56. The maximum absolute atomic E-state index is 12.0. The van der Waals surface area contributed by atoms with Crippen molar-refractivity contribution in [1.82, 2.24) is 0 Å². The smallest absolute Gasteiger partial charge is 0.305 e. The number of aromatic nitrogens is 1. The topological polar surface area (TPSA) is 39.4 Å². The average Bonchev–Trinajstić information content (AvgIpc) is 3.27. The minimum atomic E-state index is -0.0829. The number of pyridine rings is 1. The normalized spacial score (nSPS) is 17.6. The van der Waals surface area contributed by atoms with Gasteiger partial charge in [0.25, 0.3) is 0 Å². The molecule has 1 aliphatic rings. The Labute approximate surface area is 213 Å². The summed E-state index contributed by atoms with van der Waals surface area (Å²) in [7, 11) is 0. The summed E-state index contributed by atoms with van der Waals surface area (Å²) >= 11 is 0. The minimum Gasteiger partial charge on any atom is -1.00 e. The molecule has 33 heavy (non-hydrogen) atoms. The first-order valence-corrected chi connectivity index (χ1v) is 13.5. The molecule has 0 saturated carbocycles. The number of carbonyl (C=O) groups is 1. The van der Waals surface area contributed by atoms with E-state index < -0.39 is 0 Å². The van der Waals surface area contributed by atoms with Gasteiger partial charge in [0.05, 0.1) is 12.2 Å². The maximum Gasteiger partial charge on any atom is 0.305 e. The molecule has 5 heteroatoms. The molecule has 2 rings (SSSR count). The molecule has 1 fully saturated rings. The summed E-state index contributed by atoms with van der Waals surface area (Å²) in [4.78, 5) is 12.0. The lowest BCUT2D eigenvalue weighted by Gasteiger charge is -2.14. The minimum absolute atomic E-state index is 0. The highest BCUT2D eigenvalue weighted by atomic mass is 79.9. The maximum atomic E-state index is 12.0. The number of hydrogen-bond donors (Lipinski definition) is 0. The van der Waals surface area contributed by atoms with Gasteiger partial charge in [0.2, 0.25) is 0 Å². The standard InChI is InChI=1S/C28H48NO3.BrH/c1-2-3-4-5-6-7-8-9-10-11-13-18-26-20-21-27(32-26)25-31-28(30)19-14-17-24-29-22-15-12-16-23-29;/h12,15-16,22-23,26-27H,2-11,13-14,17-21,24-25H2,1H3;1H/q+1;/p-1. The molecule has 1 aliphatic heterocycles. The van der Waals surface area contributed by atoms with Crippen molar-refractivity contribution in [3.63, 3.8) is 0 Å². The van der Waals surface area contributed by atoms with Crippen LogP contribution in [-0.4, -0.2) is 24.8 Å². The van der Waals surface area contributed by atoms with Gasteiger partial charge in [0, 0.05) is 25.0 Å². The molecule has 2 unspecified atom stereocenters. The second-order valence-electron chi connectivity index (χ2n) is 9.54. The van der Waals surface area contributed by atoms with Gasteiger partial charge in [-0.2, -0.15) is 0 Å². The van der Waals surface area contributed by atoms with Crippen LogP contribution in [-0.2, 0) is 20.8 Å². The Hall–Kier alpha value is -0.940. The van der Waals surface area contributed by atoms with Crippen molar-refractivity contribution in [2.24, 2.45) is 0 Å². The first-order valence-electron chi connectivity index (χ1n) is 13.5. The predicted molar refractivity (Wildman–Crippen MR) is 130 cm³/mol. The van der Waals surface area contributed by atoms with E-state index >= 15 is 0 Å². The molecular weight excluding hydrogens is 478 g/mol. The summed E-state index contributed by atoms with van der Waals surface area (Å²) in [6.07, 6.45) is 25.5. The Morgan fingerprint density at radius 1 is 0.818 bits per heavy atom. The van der Waals surface area contributed by atoms with Crippen LogP contribution >= 0.6 is 0 Å². The molecule has 0 spiro atoms. The summed E-state index contributed by atoms with van der Waals surface area (Å²) in [6, 6.07) is 6.07. The number of nitrogens with zero attached hydrogens (tertiary/aromatic N) is 1. The van der Waals surface area contributed by atoms with Gasteiger partial charge in [-0.15, -0.1) is 0 Å². The van der Waals surface area contributed by atoms with Crippen LogP contribution in [0.5, 0.6) is 0 Å². The van der Waals surface area contributed by atoms with E-state index in [9.17, 15) is 4.79 Å². The van der Waals surface area contributed by atoms with Crippen molar-refractivity contribution >= 4 is 5.97 Å². The van der Waals surface area contributed by atoms with Gasteiger partial charge in [-0.25, -0.2) is 4.57 Å². The lowest BCUT2D eigenvalue weighted by molar-refractivity contribution is -0.697. The first-order chi connectivity index (χ1) is 15.8. The molecule has 0 aromatic carbocycles. The quantitative estimate of drug-likeness (QED) is 0.156. The second kappa shape index (κ2) is 20.4. The third-order valence-electron chi connectivity index (χ3n) is 6.58. The number of esters is 1. The molecule has 0 N–H and O–H groups in total. The van der Waals surface area contributed by atoms with Crippen molar-refractivity contribution < 1.29 is 35.8 Å². The fourth-order valence-electron chi connectivity index (χ4n) is 4.56. The Kier molecular flexibility index (Phi) is 18.6. The molecule has 1 saturated heterocycles. The summed E-state index contributed by atoms with van der Waals surface area (Å²) in [5.41, 5.74) is 0. The van der Waals surface area contributed by atoms with Crippen LogP contribution < -0.4 is 21.5 Å². The number of ether oxygens (including phenoxy) is 2. The number of carbonyl (C=O) groups excluding carboxylic acids is 1. The first kappa shape index (κ1) is 30.1. The Morgan fingerprint density at radius 3 is 2.09 bits per heavy atom. The zero-order valence-electron chi connectivity index (χ0n) is 21.0. The molecule has 0 radical (unpaired) electrons. The molecule has 1 aromatic rings. The monoisotopic (exact) mass is 525 g/mol. The van der Waals surface area contributed by atoms with E-state index in [-0.39, 0.29) is 29.1 Å². The molecule has 1 aromatic heterocycles. The van der Waals surface area contributed by atoms with Crippen molar-refractivity contribution in [3.8, 4) is 0 Å². The van der Waals surface area contributed by atoms with Gasteiger partial charge in [-0.05, 0) is 25.7 Å². The Morgan fingerprint density at radius 2 is 1.42 bits per heavy atom. The van der Waals surface area contributed by atoms with E-state index in [1.54, 1.807) is 0 Å². The predicted octanol–water partition coefficient (Wildman–Crippen LogP) is 3.94. The number of halogens is 1. The number of rotatable bonds is 19. The lowest BCUT2D eigenvalue weighted by atomic mass is 10.0. The fraction of sp³-hybridized carbons (Fsp3) is 0.786. The molecule has 0 bridgehead atoms. The zero-order valence-corrected chi connectivity index (χ0v) is 22.6. The van der Waals surface area contributed by atoms with Gasteiger partial charge >= 0.3 is 5.97 Å². The summed E-state index contributed by atoms with van der Waals surface area (Å²) < 4.78 is 13.7. The summed E-state index contributed by atoms with van der Waals surface area (Å²) in [5, 5.41) is 0. The highest BCUT2D eigenvalue weighted by Gasteiger charge is 2.25. The summed E-state index contributed by atoms with van der Waals surface area (Å²) in [6.45, 7) is 3.66. The second-order valence-corrected chi connectivity index (χ2v) is 9.54. The highest BCUT2D eigenvalue weighted by Crippen LogP contribution is 2.24. The number of aryl methyl sites for hydroxylation is 1. The van der Waals surface area contributed by atoms with Crippen LogP contribution in [0.4, 0.5) is 0 Å². The van der Waals surface area contributed by atoms with Gasteiger partial charge in [-0.3, -0.25) is 4.79 Å². The SMILES string of the molecule is CCCCCCCCCCCCCC1CCC(COC(=O)CCCC[n+]2ccccc2)O1.[Br-]. The molecule has 0 aliphatic carbocycles. The van der Waals surface area contributed by atoms with E-state index in [0.29, 0.717) is 19.1 Å². The van der Waals surface area contributed by atoms with Crippen molar-refractivity contribution in [2.75, 3.05) is 6.61 Å². The number of unbranched alkanes of at least 4 members (excludes halogenated alkanes) is 11. The number of hydrogen-bond acceptors (Lipinski definition) is 3. The average molecular weight is 527 g/mol. The zero-order chi connectivity index (χ0) is 22.7. The molecule has 2 heterocycles.